The van der Waals surface area contributed by atoms with E-state index in [1.54, 1.807) is 36.4 Å². The van der Waals surface area contributed by atoms with Gasteiger partial charge in [0, 0.05) is 22.3 Å². The Morgan fingerprint density at radius 1 is 1.03 bits per heavy atom. The lowest BCUT2D eigenvalue weighted by atomic mass is 9.77. The zero-order valence-electron chi connectivity index (χ0n) is 17.0. The van der Waals surface area contributed by atoms with E-state index < -0.39 is 10.0 Å². The van der Waals surface area contributed by atoms with Gasteiger partial charge < -0.3 is 5.32 Å². The Balaban J connectivity index is 1.49. The first-order valence-corrected chi connectivity index (χ1v) is 12.2. The molecule has 0 aromatic heterocycles. The van der Waals surface area contributed by atoms with E-state index in [9.17, 15) is 8.42 Å². The van der Waals surface area contributed by atoms with Crippen molar-refractivity contribution in [3.8, 4) is 0 Å². The summed E-state index contributed by atoms with van der Waals surface area (Å²) in [5.74, 6) is 0.545. The third-order valence-corrected chi connectivity index (χ3v) is 7.77. The summed E-state index contributed by atoms with van der Waals surface area (Å²) in [7, 11) is -3.70. The molecule has 0 radical (unpaired) electrons. The minimum absolute atomic E-state index is 0.187. The summed E-state index contributed by atoms with van der Waals surface area (Å²) in [5, 5.41) is 4.24. The quantitative estimate of drug-likeness (QED) is 0.460. The van der Waals surface area contributed by atoms with E-state index in [-0.39, 0.29) is 16.9 Å². The molecule has 0 bridgehead atoms. The molecule has 6 heteroatoms. The second-order valence-electron chi connectivity index (χ2n) is 8.25. The Morgan fingerprint density at radius 2 is 1.84 bits per heavy atom. The summed E-state index contributed by atoms with van der Waals surface area (Å²) in [6.45, 7) is 2.11. The Morgan fingerprint density at radius 3 is 2.61 bits per heavy atom. The molecule has 0 saturated heterocycles. The first-order valence-electron chi connectivity index (χ1n) is 10.3. The van der Waals surface area contributed by atoms with Gasteiger partial charge in [-0.05, 0) is 72.9 Å². The molecular formula is C25H23ClN2O2S. The first-order chi connectivity index (χ1) is 14.9. The molecule has 1 aliphatic heterocycles. The number of anilines is 2. The highest BCUT2D eigenvalue weighted by Crippen LogP contribution is 2.50. The van der Waals surface area contributed by atoms with Crippen molar-refractivity contribution >= 4 is 33.0 Å². The lowest BCUT2D eigenvalue weighted by Crippen LogP contribution is -2.29. The van der Waals surface area contributed by atoms with Crippen molar-refractivity contribution in [2.24, 2.45) is 5.92 Å². The standard InChI is InChI=1S/C25H23ClN2O2S/c1-16-4-2-5-17(14-16)25-22-7-3-6-21(22)23-15-20(12-13-24(23)27-25)31(29,30)28-19-10-8-18(26)9-11-19/h2-6,8-15,21-22,25,27-28H,7H2,1H3/t21-,22+,25+/m0/s1. The van der Waals surface area contributed by atoms with E-state index in [0.29, 0.717) is 16.6 Å². The smallest absolute Gasteiger partial charge is 0.261 e. The van der Waals surface area contributed by atoms with Crippen LogP contribution in [0.25, 0.3) is 0 Å². The van der Waals surface area contributed by atoms with Gasteiger partial charge in [-0.25, -0.2) is 8.42 Å². The third kappa shape index (κ3) is 3.84. The number of hydrogen-bond acceptors (Lipinski definition) is 3. The van der Waals surface area contributed by atoms with Crippen LogP contribution < -0.4 is 10.0 Å². The zero-order valence-corrected chi connectivity index (χ0v) is 18.6. The Hall–Kier alpha value is -2.76. The maximum atomic E-state index is 13.0. The molecule has 2 N–H and O–H groups in total. The van der Waals surface area contributed by atoms with Gasteiger partial charge in [0.2, 0.25) is 0 Å². The van der Waals surface area contributed by atoms with Gasteiger partial charge in [0.05, 0.1) is 10.9 Å². The number of rotatable bonds is 4. The molecule has 0 spiro atoms. The number of hydrogen-bond donors (Lipinski definition) is 2. The molecule has 3 atom stereocenters. The molecule has 0 saturated carbocycles. The van der Waals surface area contributed by atoms with Gasteiger partial charge in [-0.3, -0.25) is 4.72 Å². The Kier molecular flexibility index (Phi) is 5.03. The van der Waals surface area contributed by atoms with Crippen LogP contribution >= 0.6 is 11.6 Å². The number of aryl methyl sites for hydroxylation is 1. The zero-order chi connectivity index (χ0) is 21.6. The number of allylic oxidation sites excluding steroid dienone is 2. The van der Waals surface area contributed by atoms with Crippen LogP contribution in [0, 0.1) is 12.8 Å². The molecule has 0 fully saturated rings. The van der Waals surface area contributed by atoms with Gasteiger partial charge >= 0.3 is 0 Å². The Bertz CT molecular complexity index is 1270. The summed E-state index contributed by atoms with van der Waals surface area (Å²) in [5.41, 5.74) is 5.01. The van der Waals surface area contributed by atoms with Crippen molar-refractivity contribution in [3.63, 3.8) is 0 Å². The summed E-state index contributed by atoms with van der Waals surface area (Å²) in [6, 6.07) is 20.8. The number of fused-ring (bicyclic) bond motifs is 3. The fourth-order valence-electron chi connectivity index (χ4n) is 4.67. The van der Waals surface area contributed by atoms with E-state index in [1.165, 1.54) is 11.1 Å². The third-order valence-electron chi connectivity index (χ3n) is 6.14. The topological polar surface area (TPSA) is 58.2 Å². The van der Waals surface area contributed by atoms with Crippen molar-refractivity contribution in [2.45, 2.75) is 30.2 Å². The van der Waals surface area contributed by atoms with Crippen LogP contribution in [0.3, 0.4) is 0 Å². The second-order valence-corrected chi connectivity index (χ2v) is 10.4. The van der Waals surface area contributed by atoms with Crippen LogP contribution in [0.4, 0.5) is 11.4 Å². The van der Waals surface area contributed by atoms with E-state index >= 15 is 0 Å². The first kappa shape index (κ1) is 20.2. The minimum atomic E-state index is -3.70. The molecule has 4 nitrogen and oxygen atoms in total. The van der Waals surface area contributed by atoms with E-state index in [2.05, 4.69) is 53.4 Å². The molecule has 158 valence electrons. The lowest BCUT2D eigenvalue weighted by molar-refractivity contribution is 0.425. The van der Waals surface area contributed by atoms with Crippen molar-refractivity contribution in [1.82, 2.24) is 0 Å². The predicted molar refractivity (Wildman–Crippen MR) is 126 cm³/mol. The van der Waals surface area contributed by atoms with E-state index in [1.807, 2.05) is 6.07 Å². The fourth-order valence-corrected chi connectivity index (χ4v) is 5.88. The molecule has 5 rings (SSSR count). The van der Waals surface area contributed by atoms with Gasteiger partial charge in [-0.15, -0.1) is 0 Å². The average molecular weight is 451 g/mol. The van der Waals surface area contributed by atoms with Crippen molar-refractivity contribution in [3.05, 3.63) is 101 Å². The summed E-state index contributed by atoms with van der Waals surface area (Å²) < 4.78 is 28.7. The van der Waals surface area contributed by atoms with Crippen LogP contribution in [-0.4, -0.2) is 8.42 Å². The number of benzene rings is 3. The van der Waals surface area contributed by atoms with Gasteiger partial charge in [0.15, 0.2) is 0 Å². The van der Waals surface area contributed by atoms with Gasteiger partial charge in [0.1, 0.15) is 0 Å². The lowest BCUT2D eigenvalue weighted by Gasteiger charge is -2.37. The highest BCUT2D eigenvalue weighted by atomic mass is 35.5. The van der Waals surface area contributed by atoms with Gasteiger partial charge in [-0.2, -0.15) is 0 Å². The minimum Gasteiger partial charge on any atom is -0.378 e. The highest BCUT2D eigenvalue weighted by Gasteiger charge is 2.38. The van der Waals surface area contributed by atoms with E-state index in [0.717, 1.165) is 17.7 Å². The molecule has 3 aromatic rings. The molecule has 1 aliphatic carbocycles. The largest absolute Gasteiger partial charge is 0.378 e. The van der Waals surface area contributed by atoms with Crippen molar-refractivity contribution in [2.75, 3.05) is 10.0 Å². The number of halogens is 1. The molecule has 3 aromatic carbocycles. The maximum Gasteiger partial charge on any atom is 0.261 e. The molecule has 0 unspecified atom stereocenters. The van der Waals surface area contributed by atoms with Crippen molar-refractivity contribution < 1.29 is 8.42 Å². The maximum absolute atomic E-state index is 13.0. The van der Waals surface area contributed by atoms with Gasteiger partial charge in [-0.1, -0.05) is 53.6 Å². The van der Waals surface area contributed by atoms with Crippen LogP contribution in [0.1, 0.15) is 35.1 Å². The molecule has 31 heavy (non-hydrogen) atoms. The van der Waals surface area contributed by atoms with Crippen LogP contribution in [-0.2, 0) is 10.0 Å². The average Bonchev–Trinajstić information content (AvgIpc) is 3.24. The second kappa shape index (κ2) is 7.74. The normalized spacial score (nSPS) is 21.8. The van der Waals surface area contributed by atoms with Crippen LogP contribution in [0.15, 0.2) is 83.8 Å². The van der Waals surface area contributed by atoms with E-state index in [4.69, 9.17) is 11.6 Å². The SMILES string of the molecule is Cc1cccc([C@H]2Nc3ccc(S(=O)(=O)Nc4ccc(Cl)cc4)cc3[C@H]3C=CC[C@H]32)c1. The van der Waals surface area contributed by atoms with Crippen LogP contribution in [0.2, 0.25) is 5.02 Å². The summed E-state index contributed by atoms with van der Waals surface area (Å²) in [6.07, 6.45) is 5.40. The molecule has 1 heterocycles. The van der Waals surface area contributed by atoms with Crippen LogP contribution in [0.5, 0.6) is 0 Å². The fraction of sp³-hybridized carbons (Fsp3) is 0.200. The predicted octanol–water partition coefficient (Wildman–Crippen LogP) is 6.28. The number of sulfonamides is 1. The molecular weight excluding hydrogens is 428 g/mol. The highest BCUT2D eigenvalue weighted by molar-refractivity contribution is 7.92. The number of nitrogens with one attached hydrogen (secondary N) is 2. The summed E-state index contributed by atoms with van der Waals surface area (Å²) in [4.78, 5) is 0.260. The Labute approximate surface area is 188 Å². The van der Waals surface area contributed by atoms with Gasteiger partial charge in [0.25, 0.3) is 10.0 Å². The molecule has 0 amide bonds. The summed E-state index contributed by atoms with van der Waals surface area (Å²) >= 11 is 5.90. The van der Waals surface area contributed by atoms with Crippen molar-refractivity contribution in [1.29, 1.82) is 0 Å². The monoisotopic (exact) mass is 450 g/mol. The molecule has 2 aliphatic rings.